The molecule has 6 heteroatoms. The van der Waals surface area contributed by atoms with Gasteiger partial charge in [0.1, 0.15) is 18.3 Å². The molecular formula is C7H16O6. The van der Waals surface area contributed by atoms with Crippen molar-refractivity contribution in [3.8, 4) is 0 Å². The lowest BCUT2D eigenvalue weighted by molar-refractivity contribution is -0.196. The van der Waals surface area contributed by atoms with Crippen molar-refractivity contribution in [1.29, 1.82) is 0 Å². The largest absolute Gasteiger partial charge is 0.394 e. The van der Waals surface area contributed by atoms with Gasteiger partial charge in [0, 0.05) is 14.2 Å². The van der Waals surface area contributed by atoms with Crippen LogP contribution >= 0.6 is 0 Å². The van der Waals surface area contributed by atoms with Crippen molar-refractivity contribution in [3.63, 3.8) is 0 Å². The summed E-state index contributed by atoms with van der Waals surface area (Å²) >= 11 is 0. The number of rotatable bonds is 6. The topological polar surface area (TPSA) is 99.4 Å². The molecule has 6 nitrogen and oxygen atoms in total. The second kappa shape index (κ2) is 6.25. The van der Waals surface area contributed by atoms with Crippen molar-refractivity contribution in [2.24, 2.45) is 0 Å². The van der Waals surface area contributed by atoms with Gasteiger partial charge in [0.15, 0.2) is 6.29 Å². The van der Waals surface area contributed by atoms with Crippen LogP contribution in [0.25, 0.3) is 0 Å². The van der Waals surface area contributed by atoms with Crippen molar-refractivity contribution in [1.82, 2.24) is 0 Å². The SMILES string of the molecule is COC(O)C(O)C(O)C(CO)OC. The number of methoxy groups -OCH3 is 2. The monoisotopic (exact) mass is 196 g/mol. The molecule has 0 aliphatic rings. The van der Waals surface area contributed by atoms with Gasteiger partial charge in [-0.2, -0.15) is 0 Å². The van der Waals surface area contributed by atoms with E-state index in [-0.39, 0.29) is 0 Å². The Morgan fingerprint density at radius 1 is 1.00 bits per heavy atom. The standard InChI is InChI=1S/C7H16O6/c1-12-4(3-8)5(9)6(10)7(11)13-2/h4-11H,3H2,1-2H3. The summed E-state index contributed by atoms with van der Waals surface area (Å²) in [7, 11) is 2.46. The van der Waals surface area contributed by atoms with E-state index in [4.69, 9.17) is 10.2 Å². The first kappa shape index (κ1) is 12.8. The van der Waals surface area contributed by atoms with E-state index in [1.807, 2.05) is 0 Å². The van der Waals surface area contributed by atoms with Crippen LogP contribution in [0.5, 0.6) is 0 Å². The molecule has 4 unspecified atom stereocenters. The van der Waals surface area contributed by atoms with Crippen LogP contribution in [0, 0.1) is 0 Å². The molecule has 0 aliphatic carbocycles. The third kappa shape index (κ3) is 3.55. The molecule has 4 atom stereocenters. The maximum atomic E-state index is 9.30. The van der Waals surface area contributed by atoms with Gasteiger partial charge < -0.3 is 29.9 Å². The van der Waals surface area contributed by atoms with E-state index in [2.05, 4.69) is 9.47 Å². The molecule has 0 rings (SSSR count). The minimum absolute atomic E-state index is 0.453. The molecule has 0 amide bonds. The van der Waals surface area contributed by atoms with E-state index in [1.54, 1.807) is 0 Å². The minimum Gasteiger partial charge on any atom is -0.394 e. The smallest absolute Gasteiger partial charge is 0.183 e. The average molecular weight is 196 g/mol. The lowest BCUT2D eigenvalue weighted by atomic mass is 10.1. The number of hydrogen-bond acceptors (Lipinski definition) is 6. The highest BCUT2D eigenvalue weighted by atomic mass is 16.6. The number of ether oxygens (including phenoxy) is 2. The number of aliphatic hydroxyl groups excluding tert-OH is 4. The predicted molar refractivity (Wildman–Crippen MR) is 42.9 cm³/mol. The van der Waals surface area contributed by atoms with Gasteiger partial charge in [-0.3, -0.25) is 0 Å². The summed E-state index contributed by atoms with van der Waals surface area (Å²) in [5, 5.41) is 36.2. The van der Waals surface area contributed by atoms with E-state index in [0.717, 1.165) is 0 Å². The lowest BCUT2D eigenvalue weighted by Crippen LogP contribution is -2.47. The fourth-order valence-corrected chi connectivity index (χ4v) is 0.850. The van der Waals surface area contributed by atoms with Gasteiger partial charge in [0.05, 0.1) is 6.61 Å². The van der Waals surface area contributed by atoms with Gasteiger partial charge >= 0.3 is 0 Å². The van der Waals surface area contributed by atoms with Gasteiger partial charge in [-0.05, 0) is 0 Å². The Balaban J connectivity index is 4.13. The minimum atomic E-state index is -1.51. The normalized spacial score (nSPS) is 20.8. The van der Waals surface area contributed by atoms with Crippen molar-refractivity contribution in [3.05, 3.63) is 0 Å². The van der Waals surface area contributed by atoms with Crippen LogP contribution in [0.3, 0.4) is 0 Å². The molecule has 80 valence electrons. The van der Waals surface area contributed by atoms with Crippen molar-refractivity contribution in [2.75, 3.05) is 20.8 Å². The van der Waals surface area contributed by atoms with Crippen LogP contribution in [-0.4, -0.2) is 65.9 Å². The number of aliphatic hydroxyl groups is 4. The summed E-state index contributed by atoms with van der Waals surface area (Å²) in [4.78, 5) is 0. The first-order valence-electron chi connectivity index (χ1n) is 3.79. The summed E-state index contributed by atoms with van der Waals surface area (Å²) in [6.07, 6.45) is -5.36. The van der Waals surface area contributed by atoms with Crippen LogP contribution in [-0.2, 0) is 9.47 Å². The summed E-state index contributed by atoms with van der Waals surface area (Å²) < 4.78 is 9.03. The lowest BCUT2D eigenvalue weighted by Gasteiger charge is -2.26. The van der Waals surface area contributed by atoms with E-state index < -0.39 is 31.2 Å². The first-order valence-corrected chi connectivity index (χ1v) is 3.79. The summed E-state index contributed by atoms with van der Waals surface area (Å²) in [5.41, 5.74) is 0. The highest BCUT2D eigenvalue weighted by Crippen LogP contribution is 2.07. The molecule has 0 saturated heterocycles. The Bertz CT molecular complexity index is 126. The summed E-state index contributed by atoms with van der Waals surface area (Å²) in [5.74, 6) is 0. The van der Waals surface area contributed by atoms with E-state index in [9.17, 15) is 10.2 Å². The first-order chi connectivity index (χ1) is 6.08. The molecular weight excluding hydrogens is 180 g/mol. The van der Waals surface area contributed by atoms with Crippen LogP contribution in [0.15, 0.2) is 0 Å². The zero-order chi connectivity index (χ0) is 10.4. The van der Waals surface area contributed by atoms with E-state index >= 15 is 0 Å². The Morgan fingerprint density at radius 3 is 1.85 bits per heavy atom. The van der Waals surface area contributed by atoms with Crippen LogP contribution in [0.4, 0.5) is 0 Å². The molecule has 0 bridgehead atoms. The molecule has 0 radical (unpaired) electrons. The van der Waals surface area contributed by atoms with Crippen LogP contribution in [0.1, 0.15) is 0 Å². The second-order valence-corrected chi connectivity index (χ2v) is 2.56. The molecule has 0 heterocycles. The van der Waals surface area contributed by atoms with E-state index in [0.29, 0.717) is 0 Å². The third-order valence-corrected chi connectivity index (χ3v) is 1.75. The van der Waals surface area contributed by atoms with Gasteiger partial charge in [-0.1, -0.05) is 0 Å². The molecule has 4 N–H and O–H groups in total. The molecule has 13 heavy (non-hydrogen) atoms. The average Bonchev–Trinajstić information content (AvgIpc) is 2.17. The van der Waals surface area contributed by atoms with Gasteiger partial charge in [0.25, 0.3) is 0 Å². The van der Waals surface area contributed by atoms with Crippen molar-refractivity contribution < 1.29 is 29.9 Å². The zero-order valence-electron chi connectivity index (χ0n) is 7.62. The van der Waals surface area contributed by atoms with Crippen LogP contribution in [0.2, 0.25) is 0 Å². The summed E-state index contributed by atoms with van der Waals surface area (Å²) in [6, 6.07) is 0. The molecule has 0 aromatic carbocycles. The Labute approximate surface area is 76.3 Å². The van der Waals surface area contributed by atoms with E-state index in [1.165, 1.54) is 14.2 Å². The van der Waals surface area contributed by atoms with Crippen LogP contribution < -0.4 is 0 Å². The molecule has 0 aromatic heterocycles. The Kier molecular flexibility index (Phi) is 6.13. The Hall–Kier alpha value is -0.240. The molecule has 0 saturated carbocycles. The highest BCUT2D eigenvalue weighted by molar-refractivity contribution is 4.77. The molecule has 0 spiro atoms. The fourth-order valence-electron chi connectivity index (χ4n) is 0.850. The molecule has 0 aromatic rings. The van der Waals surface area contributed by atoms with Crippen molar-refractivity contribution in [2.45, 2.75) is 24.6 Å². The fraction of sp³-hybridized carbons (Fsp3) is 1.00. The maximum Gasteiger partial charge on any atom is 0.183 e. The Morgan fingerprint density at radius 2 is 1.54 bits per heavy atom. The second-order valence-electron chi connectivity index (χ2n) is 2.56. The number of hydrogen-bond donors (Lipinski definition) is 4. The van der Waals surface area contributed by atoms with Gasteiger partial charge in [0.2, 0.25) is 0 Å². The molecule has 0 aliphatic heterocycles. The maximum absolute atomic E-state index is 9.30. The highest BCUT2D eigenvalue weighted by Gasteiger charge is 2.31. The van der Waals surface area contributed by atoms with Gasteiger partial charge in [-0.15, -0.1) is 0 Å². The third-order valence-electron chi connectivity index (χ3n) is 1.75. The van der Waals surface area contributed by atoms with Gasteiger partial charge in [-0.25, -0.2) is 0 Å². The quantitative estimate of drug-likeness (QED) is 0.356. The zero-order valence-corrected chi connectivity index (χ0v) is 7.62. The van der Waals surface area contributed by atoms with Crippen molar-refractivity contribution >= 4 is 0 Å². The molecule has 0 fully saturated rings. The summed E-state index contributed by atoms with van der Waals surface area (Å²) in [6.45, 7) is -0.453. The predicted octanol–water partition coefficient (Wildman–Crippen LogP) is -2.32.